The van der Waals surface area contributed by atoms with Gasteiger partial charge >= 0.3 is 0 Å². The van der Waals surface area contributed by atoms with Crippen LogP contribution in [0.1, 0.15) is 23.1 Å². The van der Waals surface area contributed by atoms with Crippen molar-refractivity contribution in [2.75, 3.05) is 7.11 Å². The molecule has 0 bridgehead atoms. The first-order valence-electron chi connectivity index (χ1n) is 6.68. The van der Waals surface area contributed by atoms with Crippen LogP contribution in [0.4, 0.5) is 0 Å². The molecular weight excluding hydrogens is 250 g/mol. The molecule has 0 fully saturated rings. The lowest BCUT2D eigenvalue weighted by molar-refractivity contribution is 0.408. The molecule has 0 N–H and O–H groups in total. The molecule has 100 valence electrons. The highest BCUT2D eigenvalue weighted by Gasteiger charge is 2.13. The fourth-order valence-electron chi connectivity index (χ4n) is 2.55. The van der Waals surface area contributed by atoms with Crippen molar-refractivity contribution >= 4 is 0 Å². The molecule has 3 rings (SSSR count). The van der Waals surface area contributed by atoms with E-state index in [-0.39, 0.29) is 0 Å². The second kappa shape index (κ2) is 5.26. The maximum absolute atomic E-state index is 9.14. The van der Waals surface area contributed by atoms with E-state index in [4.69, 9.17) is 14.7 Å². The van der Waals surface area contributed by atoms with Gasteiger partial charge in [-0.25, -0.2) is 0 Å². The largest absolute Gasteiger partial charge is 0.497 e. The average Bonchev–Trinajstić information content (AvgIpc) is 2.94. The van der Waals surface area contributed by atoms with Crippen LogP contribution in [-0.4, -0.2) is 7.11 Å². The minimum Gasteiger partial charge on any atom is -0.497 e. The van der Waals surface area contributed by atoms with Crippen LogP contribution in [0.5, 0.6) is 17.2 Å². The molecule has 0 spiro atoms. The Balaban J connectivity index is 1.92. The summed E-state index contributed by atoms with van der Waals surface area (Å²) in [5, 5.41) is 9.14. The zero-order valence-electron chi connectivity index (χ0n) is 11.3. The lowest BCUT2D eigenvalue weighted by Crippen LogP contribution is -1.92. The van der Waals surface area contributed by atoms with Gasteiger partial charge in [-0.05, 0) is 54.7 Å². The van der Waals surface area contributed by atoms with Crippen molar-refractivity contribution in [2.45, 2.75) is 19.3 Å². The smallest absolute Gasteiger partial charge is 0.148 e. The number of aryl methyl sites for hydroxylation is 2. The number of methoxy groups -OCH3 is 1. The molecule has 1 aliphatic rings. The molecule has 0 radical (unpaired) electrons. The highest BCUT2D eigenvalue weighted by Crippen LogP contribution is 2.32. The number of nitrogens with zero attached hydrogens (tertiary/aromatic N) is 1. The third-order valence-electron chi connectivity index (χ3n) is 3.61. The van der Waals surface area contributed by atoms with E-state index in [9.17, 15) is 0 Å². The number of benzene rings is 2. The van der Waals surface area contributed by atoms with Crippen molar-refractivity contribution in [3.05, 3.63) is 53.1 Å². The Morgan fingerprint density at radius 1 is 1.00 bits per heavy atom. The summed E-state index contributed by atoms with van der Waals surface area (Å²) >= 11 is 0. The molecule has 0 heterocycles. The molecule has 0 atom stereocenters. The predicted octanol–water partition coefficient (Wildman–Crippen LogP) is 3.85. The Kier molecular flexibility index (Phi) is 3.30. The van der Waals surface area contributed by atoms with Crippen molar-refractivity contribution in [3.8, 4) is 23.3 Å². The van der Waals surface area contributed by atoms with Gasteiger partial charge in [0.1, 0.15) is 23.3 Å². The van der Waals surface area contributed by atoms with E-state index >= 15 is 0 Å². The first-order chi connectivity index (χ1) is 9.80. The third-order valence-corrected chi connectivity index (χ3v) is 3.61. The van der Waals surface area contributed by atoms with E-state index in [2.05, 4.69) is 18.2 Å². The van der Waals surface area contributed by atoms with Crippen LogP contribution >= 0.6 is 0 Å². The number of hydrogen-bond donors (Lipinski definition) is 0. The fraction of sp³-hybridized carbons (Fsp3) is 0.235. The lowest BCUT2D eigenvalue weighted by atomic mass is 10.1. The van der Waals surface area contributed by atoms with E-state index in [0.717, 1.165) is 18.6 Å². The van der Waals surface area contributed by atoms with Crippen LogP contribution in [0.25, 0.3) is 0 Å². The molecule has 0 aliphatic heterocycles. The summed E-state index contributed by atoms with van der Waals surface area (Å²) in [6.45, 7) is 0. The van der Waals surface area contributed by atoms with E-state index in [0.29, 0.717) is 17.1 Å². The number of fused-ring (bicyclic) bond motifs is 1. The summed E-state index contributed by atoms with van der Waals surface area (Å²) < 4.78 is 11.0. The molecule has 3 heteroatoms. The van der Waals surface area contributed by atoms with E-state index in [1.54, 1.807) is 25.3 Å². The molecule has 0 saturated carbocycles. The summed E-state index contributed by atoms with van der Waals surface area (Å²) in [6, 6.07) is 13.5. The number of hydrogen-bond acceptors (Lipinski definition) is 3. The van der Waals surface area contributed by atoms with Gasteiger partial charge in [-0.3, -0.25) is 0 Å². The van der Waals surface area contributed by atoms with Crippen molar-refractivity contribution in [1.29, 1.82) is 5.26 Å². The van der Waals surface area contributed by atoms with Gasteiger partial charge in [0, 0.05) is 6.07 Å². The van der Waals surface area contributed by atoms with Crippen LogP contribution in [0.3, 0.4) is 0 Å². The number of nitriles is 1. The van der Waals surface area contributed by atoms with Crippen molar-refractivity contribution in [3.63, 3.8) is 0 Å². The fourth-order valence-corrected chi connectivity index (χ4v) is 2.55. The average molecular weight is 265 g/mol. The second-order valence-electron chi connectivity index (χ2n) is 4.86. The molecule has 0 unspecified atom stereocenters. The van der Waals surface area contributed by atoms with Crippen LogP contribution in [0.15, 0.2) is 36.4 Å². The maximum atomic E-state index is 9.14. The zero-order chi connectivity index (χ0) is 13.9. The Bertz CT molecular complexity index is 686. The van der Waals surface area contributed by atoms with Crippen molar-refractivity contribution in [1.82, 2.24) is 0 Å². The van der Waals surface area contributed by atoms with Gasteiger partial charge in [0.05, 0.1) is 12.7 Å². The summed E-state index contributed by atoms with van der Waals surface area (Å²) in [6.07, 6.45) is 3.47. The minimum absolute atomic E-state index is 0.506. The van der Waals surface area contributed by atoms with Gasteiger partial charge in [0.25, 0.3) is 0 Å². The first-order valence-corrected chi connectivity index (χ1v) is 6.68. The summed E-state index contributed by atoms with van der Waals surface area (Å²) in [5.74, 6) is 1.99. The molecule has 2 aromatic rings. The van der Waals surface area contributed by atoms with Crippen molar-refractivity contribution in [2.24, 2.45) is 0 Å². The van der Waals surface area contributed by atoms with Gasteiger partial charge < -0.3 is 9.47 Å². The first kappa shape index (κ1) is 12.6. The number of ether oxygens (including phenoxy) is 2. The van der Waals surface area contributed by atoms with E-state index in [1.165, 1.54) is 17.5 Å². The summed E-state index contributed by atoms with van der Waals surface area (Å²) in [7, 11) is 1.60. The Morgan fingerprint density at radius 3 is 2.60 bits per heavy atom. The molecular formula is C17H15NO2. The highest BCUT2D eigenvalue weighted by molar-refractivity contribution is 5.50. The SMILES string of the molecule is COc1ccc(C#N)c(Oc2ccc3c(c2)CCC3)c1. The molecule has 0 saturated heterocycles. The van der Waals surface area contributed by atoms with Gasteiger partial charge in [0.2, 0.25) is 0 Å². The van der Waals surface area contributed by atoms with Gasteiger partial charge in [-0.15, -0.1) is 0 Å². The molecule has 0 aromatic heterocycles. The summed E-state index contributed by atoms with van der Waals surface area (Å²) in [5.41, 5.74) is 3.26. The normalized spacial score (nSPS) is 12.6. The summed E-state index contributed by atoms with van der Waals surface area (Å²) in [4.78, 5) is 0. The maximum Gasteiger partial charge on any atom is 0.148 e. The molecule has 1 aliphatic carbocycles. The van der Waals surface area contributed by atoms with Gasteiger partial charge in [0.15, 0.2) is 0 Å². The highest BCUT2D eigenvalue weighted by atomic mass is 16.5. The Labute approximate surface area is 118 Å². The Morgan fingerprint density at radius 2 is 1.80 bits per heavy atom. The zero-order valence-corrected chi connectivity index (χ0v) is 11.3. The number of rotatable bonds is 3. The molecule has 0 amide bonds. The van der Waals surface area contributed by atoms with E-state index < -0.39 is 0 Å². The minimum atomic E-state index is 0.506. The predicted molar refractivity (Wildman–Crippen MR) is 76.3 cm³/mol. The monoisotopic (exact) mass is 265 g/mol. The van der Waals surface area contributed by atoms with Crippen LogP contribution in [0, 0.1) is 11.3 Å². The van der Waals surface area contributed by atoms with E-state index in [1.807, 2.05) is 6.07 Å². The quantitative estimate of drug-likeness (QED) is 0.846. The third kappa shape index (κ3) is 2.33. The molecule has 2 aromatic carbocycles. The van der Waals surface area contributed by atoms with Crippen LogP contribution < -0.4 is 9.47 Å². The van der Waals surface area contributed by atoms with Gasteiger partial charge in [-0.1, -0.05) is 6.07 Å². The lowest BCUT2D eigenvalue weighted by Gasteiger charge is -2.10. The van der Waals surface area contributed by atoms with Crippen LogP contribution in [0.2, 0.25) is 0 Å². The topological polar surface area (TPSA) is 42.2 Å². The molecule has 3 nitrogen and oxygen atoms in total. The Hall–Kier alpha value is -2.47. The van der Waals surface area contributed by atoms with Crippen LogP contribution in [-0.2, 0) is 12.8 Å². The van der Waals surface area contributed by atoms with Gasteiger partial charge in [-0.2, -0.15) is 5.26 Å². The molecule has 20 heavy (non-hydrogen) atoms. The standard InChI is InChI=1S/C17H15NO2/c1-19-15-7-6-14(11-18)17(10-15)20-16-8-5-12-3-2-4-13(12)9-16/h5-10H,2-4H2,1H3. The second-order valence-corrected chi connectivity index (χ2v) is 4.86. The van der Waals surface area contributed by atoms with Crippen molar-refractivity contribution < 1.29 is 9.47 Å².